The Morgan fingerprint density at radius 2 is 1.67 bits per heavy atom. The van der Waals surface area contributed by atoms with Gasteiger partial charge < -0.3 is 19.3 Å². The molecular formula is C14H20O4. The lowest BCUT2D eigenvalue weighted by molar-refractivity contribution is 0.168. The molecule has 1 aromatic carbocycles. The fourth-order valence-corrected chi connectivity index (χ4v) is 2.48. The minimum absolute atomic E-state index is 0.293. The Kier molecular flexibility index (Phi) is 3.66. The zero-order valence-corrected chi connectivity index (χ0v) is 11.3. The van der Waals surface area contributed by atoms with Crippen LogP contribution in [0.3, 0.4) is 0 Å². The van der Waals surface area contributed by atoms with Crippen LogP contribution >= 0.6 is 0 Å². The first-order valence-electron chi connectivity index (χ1n) is 6.10. The zero-order valence-electron chi connectivity index (χ0n) is 11.3. The Morgan fingerprint density at radius 1 is 1.11 bits per heavy atom. The average molecular weight is 252 g/mol. The second-order valence-corrected chi connectivity index (χ2v) is 4.69. The molecule has 1 saturated carbocycles. The van der Waals surface area contributed by atoms with Gasteiger partial charge in [0.05, 0.1) is 27.4 Å². The van der Waals surface area contributed by atoms with Crippen molar-refractivity contribution in [3.63, 3.8) is 0 Å². The maximum atomic E-state index is 9.65. The summed E-state index contributed by atoms with van der Waals surface area (Å²) < 4.78 is 16.1. The molecule has 0 radical (unpaired) electrons. The van der Waals surface area contributed by atoms with Crippen LogP contribution in [-0.2, 0) is 0 Å². The fraction of sp³-hybridized carbons (Fsp3) is 0.571. The van der Waals surface area contributed by atoms with Crippen molar-refractivity contribution in [2.45, 2.75) is 25.4 Å². The summed E-state index contributed by atoms with van der Waals surface area (Å²) in [6, 6.07) is 3.71. The quantitative estimate of drug-likeness (QED) is 0.872. The van der Waals surface area contributed by atoms with Crippen molar-refractivity contribution in [1.82, 2.24) is 0 Å². The van der Waals surface area contributed by atoms with Crippen molar-refractivity contribution in [2.75, 3.05) is 21.3 Å². The van der Waals surface area contributed by atoms with Crippen LogP contribution in [0.5, 0.6) is 17.2 Å². The van der Waals surface area contributed by atoms with Crippen LogP contribution in [0.4, 0.5) is 0 Å². The van der Waals surface area contributed by atoms with E-state index in [0.29, 0.717) is 17.6 Å². The van der Waals surface area contributed by atoms with E-state index in [1.807, 2.05) is 19.1 Å². The summed E-state index contributed by atoms with van der Waals surface area (Å²) in [5.41, 5.74) is 1.03. The molecule has 0 unspecified atom stereocenters. The molecule has 0 spiro atoms. The van der Waals surface area contributed by atoms with E-state index >= 15 is 0 Å². The molecule has 0 heterocycles. The largest absolute Gasteiger partial charge is 0.496 e. The topological polar surface area (TPSA) is 47.9 Å². The fourth-order valence-electron chi connectivity index (χ4n) is 2.48. The molecule has 4 nitrogen and oxygen atoms in total. The summed E-state index contributed by atoms with van der Waals surface area (Å²) in [4.78, 5) is 0. The summed E-state index contributed by atoms with van der Waals surface area (Å²) in [6.07, 6.45) is 0.669. The maximum Gasteiger partial charge on any atom is 0.129 e. The third-order valence-corrected chi connectivity index (χ3v) is 3.58. The number of benzene rings is 1. The van der Waals surface area contributed by atoms with Crippen LogP contribution in [-0.4, -0.2) is 32.5 Å². The molecular weight excluding hydrogens is 232 g/mol. The van der Waals surface area contributed by atoms with E-state index in [9.17, 15) is 5.11 Å². The number of ether oxygens (including phenoxy) is 3. The highest BCUT2D eigenvalue weighted by Crippen LogP contribution is 2.55. The molecule has 4 heteroatoms. The van der Waals surface area contributed by atoms with E-state index < -0.39 is 0 Å². The van der Waals surface area contributed by atoms with Gasteiger partial charge in [-0.2, -0.15) is 0 Å². The summed E-state index contributed by atoms with van der Waals surface area (Å²) in [5.74, 6) is 2.84. The minimum atomic E-state index is -0.300. The second kappa shape index (κ2) is 5.06. The highest BCUT2D eigenvalue weighted by molar-refractivity contribution is 5.54. The molecule has 0 amide bonds. The van der Waals surface area contributed by atoms with E-state index in [4.69, 9.17) is 14.2 Å². The minimum Gasteiger partial charge on any atom is -0.496 e. The van der Waals surface area contributed by atoms with Crippen LogP contribution in [0.15, 0.2) is 12.1 Å². The predicted octanol–water partition coefficient (Wildman–Crippen LogP) is 2.20. The number of aliphatic hydroxyl groups excluding tert-OH is 1. The lowest BCUT2D eigenvalue weighted by Crippen LogP contribution is -2.05. The van der Waals surface area contributed by atoms with Gasteiger partial charge in [0.15, 0.2) is 0 Å². The number of aliphatic hydroxyl groups is 1. The Balaban J connectivity index is 2.39. The molecule has 0 saturated heterocycles. The Morgan fingerprint density at radius 3 is 2.00 bits per heavy atom. The molecule has 0 aromatic heterocycles. The average Bonchev–Trinajstić information content (AvgIpc) is 3.17. The van der Waals surface area contributed by atoms with Crippen molar-refractivity contribution >= 4 is 0 Å². The Labute approximate surface area is 107 Å². The molecule has 2 rings (SSSR count). The molecule has 1 N–H and O–H groups in total. The van der Waals surface area contributed by atoms with Gasteiger partial charge in [0.2, 0.25) is 0 Å². The Bertz CT molecular complexity index is 403. The molecule has 0 bridgehead atoms. The lowest BCUT2D eigenvalue weighted by Gasteiger charge is -2.15. The molecule has 1 aliphatic carbocycles. The third-order valence-electron chi connectivity index (χ3n) is 3.58. The Hall–Kier alpha value is -1.42. The molecule has 1 fully saturated rings. The van der Waals surface area contributed by atoms with E-state index in [1.165, 1.54) is 0 Å². The first-order valence-corrected chi connectivity index (χ1v) is 6.10. The molecule has 1 aliphatic rings. The standard InChI is InChI=1S/C14H20O4/c1-8(15)10-7-11(10)14-12(17-3)5-9(16-2)6-13(14)18-4/h5-6,8,10-11,15H,7H2,1-4H3/t8-,10-,11+/m1/s1. The first-order chi connectivity index (χ1) is 8.62. The van der Waals surface area contributed by atoms with Gasteiger partial charge >= 0.3 is 0 Å². The van der Waals surface area contributed by atoms with Crippen molar-refractivity contribution < 1.29 is 19.3 Å². The van der Waals surface area contributed by atoms with Gasteiger partial charge in [-0.1, -0.05) is 0 Å². The van der Waals surface area contributed by atoms with Crippen LogP contribution in [0, 0.1) is 5.92 Å². The van der Waals surface area contributed by atoms with Crippen LogP contribution < -0.4 is 14.2 Å². The van der Waals surface area contributed by atoms with Crippen molar-refractivity contribution in [3.8, 4) is 17.2 Å². The zero-order chi connectivity index (χ0) is 13.3. The monoisotopic (exact) mass is 252 g/mol. The third kappa shape index (κ3) is 2.25. The number of rotatable bonds is 5. The maximum absolute atomic E-state index is 9.65. The van der Waals surface area contributed by atoms with E-state index in [2.05, 4.69) is 0 Å². The molecule has 3 atom stereocenters. The van der Waals surface area contributed by atoms with E-state index in [1.54, 1.807) is 21.3 Å². The van der Waals surface area contributed by atoms with Crippen molar-refractivity contribution in [1.29, 1.82) is 0 Å². The summed E-state index contributed by atoms with van der Waals surface area (Å²) in [7, 11) is 4.89. The second-order valence-electron chi connectivity index (χ2n) is 4.69. The van der Waals surface area contributed by atoms with Crippen LogP contribution in [0.2, 0.25) is 0 Å². The lowest BCUT2D eigenvalue weighted by atomic mass is 10.0. The number of hydrogen-bond donors (Lipinski definition) is 1. The number of methoxy groups -OCH3 is 3. The summed E-state index contributed by atoms with van der Waals surface area (Å²) in [6.45, 7) is 1.83. The van der Waals surface area contributed by atoms with Crippen LogP contribution in [0.25, 0.3) is 0 Å². The van der Waals surface area contributed by atoms with E-state index in [0.717, 1.165) is 23.5 Å². The van der Waals surface area contributed by atoms with Gasteiger partial charge in [-0.3, -0.25) is 0 Å². The molecule has 18 heavy (non-hydrogen) atoms. The molecule has 0 aliphatic heterocycles. The predicted molar refractivity (Wildman–Crippen MR) is 68.6 cm³/mol. The van der Waals surface area contributed by atoms with Gasteiger partial charge in [0, 0.05) is 17.7 Å². The van der Waals surface area contributed by atoms with E-state index in [-0.39, 0.29) is 6.10 Å². The van der Waals surface area contributed by atoms with Gasteiger partial charge in [0.25, 0.3) is 0 Å². The molecule has 1 aromatic rings. The SMILES string of the molecule is COc1cc(OC)c([C@H]2C[C@@H]2[C@@H](C)O)c(OC)c1. The van der Waals surface area contributed by atoms with Crippen LogP contribution in [0.1, 0.15) is 24.8 Å². The number of hydrogen-bond acceptors (Lipinski definition) is 4. The van der Waals surface area contributed by atoms with Crippen molar-refractivity contribution in [3.05, 3.63) is 17.7 Å². The normalized spacial score (nSPS) is 23.4. The first kappa shape index (κ1) is 13.0. The smallest absolute Gasteiger partial charge is 0.129 e. The summed E-state index contributed by atoms with van der Waals surface area (Å²) in [5, 5.41) is 9.65. The van der Waals surface area contributed by atoms with Gasteiger partial charge in [0.1, 0.15) is 17.2 Å². The van der Waals surface area contributed by atoms with Gasteiger partial charge in [-0.25, -0.2) is 0 Å². The molecule has 100 valence electrons. The highest BCUT2D eigenvalue weighted by Gasteiger charge is 2.44. The van der Waals surface area contributed by atoms with Gasteiger partial charge in [-0.05, 0) is 25.2 Å². The van der Waals surface area contributed by atoms with Gasteiger partial charge in [-0.15, -0.1) is 0 Å². The van der Waals surface area contributed by atoms with Crippen molar-refractivity contribution in [2.24, 2.45) is 5.92 Å². The summed E-state index contributed by atoms with van der Waals surface area (Å²) >= 11 is 0. The highest BCUT2D eigenvalue weighted by atomic mass is 16.5.